The maximum Gasteiger partial charge on any atom is 0.345 e. The maximum absolute atomic E-state index is 11.4. The first kappa shape index (κ1) is 11.2. The van der Waals surface area contributed by atoms with E-state index in [9.17, 15) is 4.79 Å². The number of nitrogens with two attached hydrogens (primary N) is 2. The first-order valence-electron chi connectivity index (χ1n) is 3.78. The molecule has 0 spiro atoms. The summed E-state index contributed by atoms with van der Waals surface area (Å²) in [6, 6.07) is 0. The highest BCUT2D eigenvalue weighted by atomic mass is 35.5. The number of anilines is 1. The molecule has 8 heteroatoms. The average Bonchev–Trinajstić information content (AvgIpc) is 2.14. The van der Waals surface area contributed by atoms with Gasteiger partial charge in [0.2, 0.25) is 0 Å². The summed E-state index contributed by atoms with van der Waals surface area (Å²) in [5.41, 5.74) is 10.3. The van der Waals surface area contributed by atoms with Crippen LogP contribution < -0.4 is 11.5 Å². The Kier molecular flexibility index (Phi) is 3.40. The van der Waals surface area contributed by atoms with E-state index in [1.807, 2.05) is 0 Å². The lowest BCUT2D eigenvalue weighted by atomic mass is 10.3. The molecule has 7 nitrogen and oxygen atoms in total. The zero-order valence-electron chi connectivity index (χ0n) is 7.53. The number of carbonyl (C=O) groups excluding carboxylic acids is 1. The van der Waals surface area contributed by atoms with Gasteiger partial charge in [-0.25, -0.2) is 14.8 Å². The normalized spacial score (nSPS) is 9.67. The molecule has 1 rings (SSSR count). The number of nitrogen functional groups attached to an aromatic ring is 1. The van der Waals surface area contributed by atoms with Crippen LogP contribution in [0.2, 0.25) is 5.15 Å². The zero-order valence-corrected chi connectivity index (χ0v) is 8.28. The van der Waals surface area contributed by atoms with Crippen LogP contribution in [0.15, 0.2) is 6.33 Å². The van der Waals surface area contributed by atoms with Gasteiger partial charge in [0.25, 0.3) is 0 Å². The Morgan fingerprint density at radius 2 is 2.27 bits per heavy atom. The molecule has 0 aliphatic rings. The van der Waals surface area contributed by atoms with E-state index in [-0.39, 0.29) is 29.0 Å². The van der Waals surface area contributed by atoms with Gasteiger partial charge >= 0.3 is 5.97 Å². The lowest BCUT2D eigenvalue weighted by molar-refractivity contribution is 0.0562. The van der Waals surface area contributed by atoms with Crippen LogP contribution >= 0.6 is 11.6 Å². The van der Waals surface area contributed by atoms with Crippen molar-refractivity contribution in [2.75, 3.05) is 12.3 Å². The molecule has 0 radical (unpaired) electrons. The molecule has 15 heavy (non-hydrogen) atoms. The van der Waals surface area contributed by atoms with E-state index in [1.165, 1.54) is 0 Å². The minimum atomic E-state index is -0.812. The number of aromatic nitrogens is 2. The lowest BCUT2D eigenvalue weighted by Crippen LogP contribution is -2.21. The largest absolute Gasteiger partial charge is 0.454 e. The lowest BCUT2D eigenvalue weighted by Gasteiger charge is -2.05. The fourth-order valence-electron chi connectivity index (χ4n) is 0.781. The molecule has 0 aliphatic carbocycles. The smallest absolute Gasteiger partial charge is 0.345 e. The predicted molar refractivity (Wildman–Crippen MR) is 53.7 cm³/mol. The number of halogens is 1. The molecule has 0 fully saturated rings. The SMILES string of the molecule is N=C(N)COC(=O)c1c(N)ncnc1Cl. The molecule has 0 saturated heterocycles. The number of amidine groups is 1. The molecule has 0 aromatic carbocycles. The molecule has 5 N–H and O–H groups in total. The van der Waals surface area contributed by atoms with E-state index in [4.69, 9.17) is 28.5 Å². The number of hydrogen-bond donors (Lipinski definition) is 3. The summed E-state index contributed by atoms with van der Waals surface area (Å²) >= 11 is 5.62. The Balaban J connectivity index is 2.86. The summed E-state index contributed by atoms with van der Waals surface area (Å²) in [5.74, 6) is -1.17. The van der Waals surface area contributed by atoms with Crippen molar-refractivity contribution < 1.29 is 9.53 Å². The van der Waals surface area contributed by atoms with Crippen LogP contribution in [0.4, 0.5) is 5.82 Å². The summed E-state index contributed by atoms with van der Waals surface area (Å²) in [5, 5.41) is 6.76. The van der Waals surface area contributed by atoms with Gasteiger partial charge in [-0.3, -0.25) is 5.41 Å². The predicted octanol–water partition coefficient (Wildman–Crippen LogP) is -0.195. The van der Waals surface area contributed by atoms with Crippen molar-refractivity contribution in [2.45, 2.75) is 0 Å². The molecule has 1 aromatic rings. The van der Waals surface area contributed by atoms with E-state index in [2.05, 4.69) is 14.7 Å². The monoisotopic (exact) mass is 229 g/mol. The van der Waals surface area contributed by atoms with Crippen LogP contribution in [-0.4, -0.2) is 28.4 Å². The fraction of sp³-hybridized carbons (Fsp3) is 0.143. The highest BCUT2D eigenvalue weighted by Gasteiger charge is 2.17. The number of hydrogen-bond acceptors (Lipinski definition) is 6. The number of carbonyl (C=O) groups is 1. The number of ether oxygens (including phenoxy) is 1. The number of nitrogens with one attached hydrogen (secondary N) is 1. The van der Waals surface area contributed by atoms with Crippen molar-refractivity contribution in [1.82, 2.24) is 9.97 Å². The van der Waals surface area contributed by atoms with E-state index in [0.29, 0.717) is 0 Å². The topological polar surface area (TPSA) is 128 Å². The summed E-state index contributed by atoms with van der Waals surface area (Å²) in [6.07, 6.45) is 1.12. The molecule has 1 aromatic heterocycles. The third-order valence-electron chi connectivity index (χ3n) is 1.39. The van der Waals surface area contributed by atoms with E-state index < -0.39 is 5.97 Å². The van der Waals surface area contributed by atoms with Crippen molar-refractivity contribution >= 4 is 29.2 Å². The van der Waals surface area contributed by atoms with Gasteiger partial charge in [-0.15, -0.1) is 0 Å². The van der Waals surface area contributed by atoms with Crippen molar-refractivity contribution in [3.63, 3.8) is 0 Å². The third-order valence-corrected chi connectivity index (χ3v) is 1.68. The highest BCUT2D eigenvalue weighted by molar-refractivity contribution is 6.33. The Morgan fingerprint density at radius 1 is 1.60 bits per heavy atom. The van der Waals surface area contributed by atoms with Crippen LogP contribution in [-0.2, 0) is 4.74 Å². The summed E-state index contributed by atoms with van der Waals surface area (Å²) in [6.45, 7) is -0.330. The van der Waals surface area contributed by atoms with Crippen molar-refractivity contribution in [3.8, 4) is 0 Å². The standard InChI is InChI=1S/C7H8ClN5O2/c8-5-4(6(11)13-2-12-5)7(14)15-1-3(9)10/h2H,1H2,(H3,9,10)(H2,11,12,13). The van der Waals surface area contributed by atoms with Gasteiger partial charge in [0.05, 0.1) is 0 Å². The second-order valence-corrected chi connectivity index (χ2v) is 2.88. The first-order chi connectivity index (χ1) is 7.02. The fourth-order valence-corrected chi connectivity index (χ4v) is 0.998. The Bertz CT molecular complexity index is 388. The van der Waals surface area contributed by atoms with Crippen LogP contribution in [0.3, 0.4) is 0 Å². The van der Waals surface area contributed by atoms with E-state index >= 15 is 0 Å². The van der Waals surface area contributed by atoms with Crippen LogP contribution in [0.1, 0.15) is 10.4 Å². The molecule has 0 atom stereocenters. The number of esters is 1. The van der Waals surface area contributed by atoms with Gasteiger partial charge in [-0.05, 0) is 0 Å². The van der Waals surface area contributed by atoms with Gasteiger partial charge in [-0.2, -0.15) is 0 Å². The van der Waals surface area contributed by atoms with Crippen molar-refractivity contribution in [2.24, 2.45) is 5.73 Å². The minimum absolute atomic E-state index is 0.0800. The van der Waals surface area contributed by atoms with Crippen LogP contribution in [0, 0.1) is 5.41 Å². The van der Waals surface area contributed by atoms with Crippen LogP contribution in [0.5, 0.6) is 0 Å². The molecule has 0 amide bonds. The Labute approximate surface area is 89.9 Å². The summed E-state index contributed by atoms with van der Waals surface area (Å²) in [4.78, 5) is 18.5. The molecular weight excluding hydrogens is 222 g/mol. The Morgan fingerprint density at radius 3 is 2.80 bits per heavy atom. The molecule has 0 unspecified atom stereocenters. The van der Waals surface area contributed by atoms with E-state index in [0.717, 1.165) is 6.33 Å². The van der Waals surface area contributed by atoms with Gasteiger partial charge in [0.15, 0.2) is 0 Å². The second-order valence-electron chi connectivity index (χ2n) is 2.53. The third kappa shape index (κ3) is 2.78. The van der Waals surface area contributed by atoms with Crippen LogP contribution in [0.25, 0.3) is 0 Å². The highest BCUT2D eigenvalue weighted by Crippen LogP contribution is 2.17. The van der Waals surface area contributed by atoms with E-state index in [1.54, 1.807) is 0 Å². The average molecular weight is 230 g/mol. The molecule has 1 heterocycles. The number of rotatable bonds is 3. The molecule has 0 bridgehead atoms. The quantitative estimate of drug-likeness (QED) is 0.285. The Hall–Kier alpha value is -1.89. The molecular formula is C7H8ClN5O2. The molecule has 0 saturated carbocycles. The maximum atomic E-state index is 11.4. The van der Waals surface area contributed by atoms with Gasteiger partial charge in [0.1, 0.15) is 35.3 Å². The zero-order chi connectivity index (χ0) is 11.4. The second kappa shape index (κ2) is 4.56. The summed E-state index contributed by atoms with van der Waals surface area (Å²) in [7, 11) is 0. The van der Waals surface area contributed by atoms with Crippen molar-refractivity contribution in [3.05, 3.63) is 17.0 Å². The molecule has 0 aliphatic heterocycles. The molecule has 80 valence electrons. The number of nitrogens with zero attached hydrogens (tertiary/aromatic N) is 2. The van der Waals surface area contributed by atoms with Gasteiger partial charge in [-0.1, -0.05) is 11.6 Å². The van der Waals surface area contributed by atoms with Gasteiger partial charge in [0, 0.05) is 0 Å². The summed E-state index contributed by atoms with van der Waals surface area (Å²) < 4.78 is 4.62. The first-order valence-corrected chi connectivity index (χ1v) is 4.16. The minimum Gasteiger partial charge on any atom is -0.454 e. The van der Waals surface area contributed by atoms with Crippen molar-refractivity contribution in [1.29, 1.82) is 5.41 Å². The van der Waals surface area contributed by atoms with Gasteiger partial charge < -0.3 is 16.2 Å².